The molecule has 0 radical (unpaired) electrons. The lowest BCUT2D eigenvalue weighted by Gasteiger charge is -2.15. The summed E-state index contributed by atoms with van der Waals surface area (Å²) in [6.07, 6.45) is 0. The Morgan fingerprint density at radius 2 is 1.67 bits per heavy atom. The van der Waals surface area contributed by atoms with Gasteiger partial charge in [-0.1, -0.05) is 48.3 Å². The molecule has 6 heteroatoms. The molecule has 2 aromatic rings. The molecule has 0 bridgehead atoms. The maximum absolute atomic E-state index is 13.0. The van der Waals surface area contributed by atoms with Crippen molar-refractivity contribution < 1.29 is 9.59 Å². The van der Waals surface area contributed by atoms with Crippen molar-refractivity contribution in [1.82, 2.24) is 0 Å². The van der Waals surface area contributed by atoms with Crippen LogP contribution in [0.3, 0.4) is 0 Å². The predicted octanol–water partition coefficient (Wildman–Crippen LogP) is 5.03. The highest BCUT2D eigenvalue weighted by Gasteiger charge is 2.39. The number of benzene rings is 2. The van der Waals surface area contributed by atoms with Crippen LogP contribution in [0.4, 0.5) is 5.69 Å². The number of halogens is 2. The summed E-state index contributed by atoms with van der Waals surface area (Å²) in [6, 6.07) is 13.6. The number of hydrogen-bond acceptors (Lipinski definition) is 3. The molecule has 1 aliphatic rings. The molecular formula is C18H13Cl2NO2S. The molecule has 2 amide bonds. The van der Waals surface area contributed by atoms with Crippen molar-refractivity contribution in [3.05, 3.63) is 69.0 Å². The van der Waals surface area contributed by atoms with Gasteiger partial charge in [0.2, 0.25) is 0 Å². The summed E-state index contributed by atoms with van der Waals surface area (Å²) >= 11 is 13.3. The molecule has 0 aromatic heterocycles. The van der Waals surface area contributed by atoms with Crippen LogP contribution in [0.5, 0.6) is 0 Å². The maximum Gasteiger partial charge on any atom is 0.272 e. The summed E-state index contributed by atoms with van der Waals surface area (Å²) < 4.78 is 0. The minimum atomic E-state index is -0.347. The second kappa shape index (κ2) is 7.01. The largest absolute Gasteiger partial charge is 0.272 e. The van der Waals surface area contributed by atoms with Crippen LogP contribution < -0.4 is 4.90 Å². The molecule has 122 valence electrons. The van der Waals surface area contributed by atoms with E-state index in [0.29, 0.717) is 37.5 Å². The van der Waals surface area contributed by atoms with Crippen molar-refractivity contribution in [3.63, 3.8) is 0 Å². The zero-order valence-corrected chi connectivity index (χ0v) is 15.1. The number of thioether (sulfide) groups is 1. The Morgan fingerprint density at radius 3 is 2.29 bits per heavy atom. The van der Waals surface area contributed by atoms with E-state index in [-0.39, 0.29) is 11.8 Å². The summed E-state index contributed by atoms with van der Waals surface area (Å²) in [6.45, 7) is 1.94. The smallest absolute Gasteiger partial charge is 0.268 e. The van der Waals surface area contributed by atoms with Gasteiger partial charge in [-0.25, -0.2) is 4.90 Å². The van der Waals surface area contributed by atoms with Crippen LogP contribution in [-0.2, 0) is 9.59 Å². The number of carbonyl (C=O) groups excluding carboxylic acids is 2. The number of rotatable bonds is 4. The van der Waals surface area contributed by atoms with Crippen LogP contribution in [-0.4, -0.2) is 17.6 Å². The van der Waals surface area contributed by atoms with Gasteiger partial charge >= 0.3 is 0 Å². The highest BCUT2D eigenvalue weighted by Crippen LogP contribution is 2.38. The topological polar surface area (TPSA) is 37.4 Å². The summed E-state index contributed by atoms with van der Waals surface area (Å²) in [5.74, 6) is 0.0223. The van der Waals surface area contributed by atoms with Gasteiger partial charge in [0, 0.05) is 10.0 Å². The normalized spacial score (nSPS) is 14.7. The zero-order chi connectivity index (χ0) is 17.3. The lowest BCUT2D eigenvalue weighted by molar-refractivity contribution is -0.119. The van der Waals surface area contributed by atoms with Crippen LogP contribution in [0, 0.1) is 0 Å². The fraction of sp³-hybridized carbons (Fsp3) is 0.111. The third-order valence-electron chi connectivity index (χ3n) is 3.53. The Kier molecular flexibility index (Phi) is 4.99. The van der Waals surface area contributed by atoms with E-state index in [2.05, 4.69) is 0 Å². The van der Waals surface area contributed by atoms with Crippen molar-refractivity contribution in [2.45, 2.75) is 6.92 Å². The zero-order valence-electron chi connectivity index (χ0n) is 12.8. The van der Waals surface area contributed by atoms with Gasteiger partial charge in [0.25, 0.3) is 11.8 Å². The maximum atomic E-state index is 13.0. The summed E-state index contributed by atoms with van der Waals surface area (Å²) in [4.78, 5) is 27.4. The van der Waals surface area contributed by atoms with Crippen molar-refractivity contribution >= 4 is 58.0 Å². The number of carbonyl (C=O) groups is 2. The van der Waals surface area contributed by atoms with E-state index in [9.17, 15) is 9.59 Å². The van der Waals surface area contributed by atoms with Crippen LogP contribution in [0.25, 0.3) is 5.57 Å². The standard InChI is InChI=1S/C18H13Cl2NO2S/c1-2-24-16-15(11-6-8-12(19)9-7-11)17(22)21(18(16)23)14-5-3-4-13(20)10-14/h3-10H,2H2,1H3. The Hall–Kier alpha value is -1.75. The Labute approximate surface area is 154 Å². The monoisotopic (exact) mass is 377 g/mol. The van der Waals surface area contributed by atoms with E-state index < -0.39 is 0 Å². The van der Waals surface area contributed by atoms with E-state index in [1.807, 2.05) is 6.92 Å². The minimum Gasteiger partial charge on any atom is -0.268 e. The van der Waals surface area contributed by atoms with Crippen molar-refractivity contribution in [1.29, 1.82) is 0 Å². The van der Waals surface area contributed by atoms with Gasteiger partial charge in [-0.3, -0.25) is 9.59 Å². The Morgan fingerprint density at radius 1 is 0.958 bits per heavy atom. The van der Waals surface area contributed by atoms with Crippen LogP contribution >= 0.6 is 35.0 Å². The number of amides is 2. The SMILES string of the molecule is CCSC1=C(c2ccc(Cl)cc2)C(=O)N(c2cccc(Cl)c2)C1=O. The highest BCUT2D eigenvalue weighted by molar-refractivity contribution is 8.04. The fourth-order valence-electron chi connectivity index (χ4n) is 2.51. The lowest BCUT2D eigenvalue weighted by Crippen LogP contribution is -2.31. The van der Waals surface area contributed by atoms with Gasteiger partial charge in [-0.15, -0.1) is 11.8 Å². The summed E-state index contributed by atoms with van der Waals surface area (Å²) in [5, 5.41) is 1.05. The third kappa shape index (κ3) is 3.09. The minimum absolute atomic E-state index is 0.320. The van der Waals surface area contributed by atoms with Crippen LogP contribution in [0.2, 0.25) is 10.0 Å². The number of nitrogens with zero attached hydrogens (tertiary/aromatic N) is 1. The molecule has 2 aromatic carbocycles. The molecule has 0 fully saturated rings. The molecule has 3 rings (SSSR count). The number of imide groups is 1. The van der Waals surface area contributed by atoms with E-state index in [1.165, 1.54) is 16.7 Å². The molecule has 0 saturated carbocycles. The van der Waals surface area contributed by atoms with Gasteiger partial charge in [-0.05, 0) is 41.6 Å². The molecule has 24 heavy (non-hydrogen) atoms. The molecule has 0 saturated heterocycles. The Bertz CT molecular complexity index is 846. The fourth-order valence-corrected chi connectivity index (χ4v) is 3.67. The number of anilines is 1. The van der Waals surface area contributed by atoms with E-state index in [1.54, 1.807) is 48.5 Å². The molecule has 0 N–H and O–H groups in total. The van der Waals surface area contributed by atoms with E-state index in [4.69, 9.17) is 23.2 Å². The molecule has 0 unspecified atom stereocenters. The highest BCUT2D eigenvalue weighted by atomic mass is 35.5. The van der Waals surface area contributed by atoms with Gasteiger partial charge in [0.15, 0.2) is 0 Å². The van der Waals surface area contributed by atoms with E-state index in [0.717, 1.165) is 0 Å². The first-order valence-corrected chi connectivity index (χ1v) is 9.04. The summed E-state index contributed by atoms with van der Waals surface area (Å²) in [5.41, 5.74) is 1.55. The molecule has 0 aliphatic carbocycles. The first-order chi connectivity index (χ1) is 11.5. The molecule has 1 aliphatic heterocycles. The second-order valence-electron chi connectivity index (χ2n) is 5.07. The molecule has 0 atom stereocenters. The molecule has 3 nitrogen and oxygen atoms in total. The second-order valence-corrected chi connectivity index (χ2v) is 7.22. The van der Waals surface area contributed by atoms with Crippen molar-refractivity contribution in [3.8, 4) is 0 Å². The third-order valence-corrected chi connectivity index (χ3v) is 4.97. The van der Waals surface area contributed by atoms with Gasteiger partial charge in [0.1, 0.15) is 0 Å². The lowest BCUT2D eigenvalue weighted by atomic mass is 10.1. The molecule has 0 spiro atoms. The van der Waals surface area contributed by atoms with E-state index >= 15 is 0 Å². The summed E-state index contributed by atoms with van der Waals surface area (Å²) in [7, 11) is 0. The van der Waals surface area contributed by atoms with Crippen molar-refractivity contribution in [2.75, 3.05) is 10.7 Å². The average molecular weight is 378 g/mol. The molecular weight excluding hydrogens is 365 g/mol. The molecule has 1 heterocycles. The number of hydrogen-bond donors (Lipinski definition) is 0. The van der Waals surface area contributed by atoms with Crippen molar-refractivity contribution in [2.24, 2.45) is 0 Å². The van der Waals surface area contributed by atoms with Crippen LogP contribution in [0.15, 0.2) is 53.4 Å². The quantitative estimate of drug-likeness (QED) is 0.701. The van der Waals surface area contributed by atoms with Crippen LogP contribution in [0.1, 0.15) is 12.5 Å². The first-order valence-electron chi connectivity index (χ1n) is 7.30. The van der Waals surface area contributed by atoms with Gasteiger partial charge < -0.3 is 0 Å². The predicted molar refractivity (Wildman–Crippen MR) is 100 cm³/mol. The van der Waals surface area contributed by atoms with Gasteiger partial charge in [0.05, 0.1) is 16.2 Å². The average Bonchev–Trinajstić information content (AvgIpc) is 2.80. The Balaban J connectivity index is 2.09. The van der Waals surface area contributed by atoms with Gasteiger partial charge in [-0.2, -0.15) is 0 Å². The first kappa shape index (κ1) is 17.1.